The van der Waals surface area contributed by atoms with E-state index in [0.717, 1.165) is 11.4 Å². The first-order valence-electron chi connectivity index (χ1n) is 6.15. The van der Waals surface area contributed by atoms with Gasteiger partial charge in [-0.1, -0.05) is 25.1 Å². The Balaban J connectivity index is 2.95. The summed E-state index contributed by atoms with van der Waals surface area (Å²) in [5, 5.41) is 2.86. The molecule has 0 aliphatic rings. The third kappa shape index (κ3) is 4.09. The number of rotatable bonds is 5. The van der Waals surface area contributed by atoms with Crippen molar-refractivity contribution in [3.05, 3.63) is 48.8 Å². The summed E-state index contributed by atoms with van der Waals surface area (Å²) in [5.41, 5.74) is 1.83. The Hall–Kier alpha value is -2.03. The van der Waals surface area contributed by atoms with Crippen molar-refractivity contribution in [1.82, 2.24) is 0 Å². The van der Waals surface area contributed by atoms with Crippen molar-refractivity contribution in [3.8, 4) is 0 Å². The topological polar surface area (TPSA) is 32.3 Å². The summed E-state index contributed by atoms with van der Waals surface area (Å²) >= 11 is 0. The molecule has 3 heteroatoms. The molecule has 1 aromatic rings. The summed E-state index contributed by atoms with van der Waals surface area (Å²) in [6, 6.07) is 7.77. The van der Waals surface area contributed by atoms with Crippen LogP contribution in [0.1, 0.15) is 27.2 Å². The average Bonchev–Trinajstić information content (AvgIpc) is 2.38. The normalized spacial score (nSPS) is 11.1. The van der Waals surface area contributed by atoms with E-state index in [0.29, 0.717) is 6.42 Å². The first kappa shape index (κ1) is 14.0. The van der Waals surface area contributed by atoms with Crippen LogP contribution in [0.3, 0.4) is 0 Å². The fraction of sp³-hybridized carbons (Fsp3) is 0.267. The van der Waals surface area contributed by atoms with Gasteiger partial charge in [-0.25, -0.2) is 0 Å². The van der Waals surface area contributed by atoms with Gasteiger partial charge in [0.2, 0.25) is 5.91 Å². The van der Waals surface area contributed by atoms with Gasteiger partial charge < -0.3 is 10.2 Å². The number of allylic oxidation sites excluding steroid dienone is 2. The first-order valence-corrected chi connectivity index (χ1v) is 6.15. The molecule has 0 unspecified atom stereocenters. The van der Waals surface area contributed by atoms with Crippen molar-refractivity contribution in [2.75, 3.05) is 10.2 Å². The van der Waals surface area contributed by atoms with Gasteiger partial charge in [0.25, 0.3) is 0 Å². The number of hydrogen-bond acceptors (Lipinski definition) is 2. The molecular formula is C15H20N2O. The van der Waals surface area contributed by atoms with Crippen molar-refractivity contribution in [2.24, 2.45) is 0 Å². The molecule has 1 rings (SSSR count). The van der Waals surface area contributed by atoms with E-state index in [9.17, 15) is 4.79 Å². The molecule has 0 bridgehead atoms. The maximum Gasteiger partial charge on any atom is 0.224 e. The van der Waals surface area contributed by atoms with Gasteiger partial charge in [0.15, 0.2) is 0 Å². The monoisotopic (exact) mass is 244 g/mol. The third-order valence-corrected chi connectivity index (χ3v) is 2.37. The summed E-state index contributed by atoms with van der Waals surface area (Å²) in [6.45, 7) is 5.78. The number of nitrogens with one attached hydrogen (secondary N) is 1. The molecule has 0 aromatic heterocycles. The largest absolute Gasteiger partial charge is 0.326 e. The fourth-order valence-electron chi connectivity index (χ4n) is 1.54. The van der Waals surface area contributed by atoms with Crippen LogP contribution in [0.4, 0.5) is 11.4 Å². The molecule has 0 aliphatic heterocycles. The van der Waals surface area contributed by atoms with Gasteiger partial charge in [-0.05, 0) is 32.0 Å². The van der Waals surface area contributed by atoms with Gasteiger partial charge in [-0.2, -0.15) is 0 Å². The number of carbonyl (C=O) groups is 1. The van der Waals surface area contributed by atoms with Gasteiger partial charge >= 0.3 is 0 Å². The lowest BCUT2D eigenvalue weighted by Gasteiger charge is -2.16. The van der Waals surface area contributed by atoms with Crippen LogP contribution in [0.5, 0.6) is 0 Å². The van der Waals surface area contributed by atoms with Gasteiger partial charge in [0.05, 0.1) is 0 Å². The zero-order valence-electron chi connectivity index (χ0n) is 11.2. The highest BCUT2D eigenvalue weighted by Gasteiger charge is 2.02. The quantitative estimate of drug-likeness (QED) is 0.851. The second kappa shape index (κ2) is 7.33. The smallest absolute Gasteiger partial charge is 0.224 e. The molecule has 0 heterocycles. The minimum Gasteiger partial charge on any atom is -0.326 e. The Bertz CT molecular complexity index is 438. The Kier molecular flexibility index (Phi) is 5.71. The van der Waals surface area contributed by atoms with Crippen molar-refractivity contribution in [3.63, 3.8) is 0 Å². The van der Waals surface area contributed by atoms with E-state index in [-0.39, 0.29) is 5.91 Å². The number of hydrogen-bond donors (Lipinski definition) is 1. The van der Waals surface area contributed by atoms with Crippen LogP contribution >= 0.6 is 0 Å². The molecule has 0 spiro atoms. The summed E-state index contributed by atoms with van der Waals surface area (Å²) < 4.78 is 0. The molecular weight excluding hydrogens is 224 g/mol. The summed E-state index contributed by atoms with van der Waals surface area (Å²) in [6.07, 6.45) is 8.37. The van der Waals surface area contributed by atoms with Crippen LogP contribution in [-0.2, 0) is 4.79 Å². The van der Waals surface area contributed by atoms with Crippen molar-refractivity contribution >= 4 is 17.3 Å². The van der Waals surface area contributed by atoms with E-state index in [2.05, 4.69) is 5.32 Å². The Morgan fingerprint density at radius 1 is 1.28 bits per heavy atom. The van der Waals surface area contributed by atoms with Crippen LogP contribution in [0.2, 0.25) is 0 Å². The molecule has 0 aliphatic carbocycles. The lowest BCUT2D eigenvalue weighted by Crippen LogP contribution is -2.11. The van der Waals surface area contributed by atoms with Gasteiger partial charge in [-0.3, -0.25) is 4.79 Å². The number of nitrogens with zero attached hydrogens (tertiary/aromatic N) is 1. The van der Waals surface area contributed by atoms with Crippen LogP contribution in [0.25, 0.3) is 0 Å². The van der Waals surface area contributed by atoms with Crippen LogP contribution in [0, 0.1) is 0 Å². The van der Waals surface area contributed by atoms with Gasteiger partial charge in [0.1, 0.15) is 0 Å². The lowest BCUT2D eigenvalue weighted by atomic mass is 10.2. The standard InChI is InChI=1S/C15H20N2O/c1-4-10-17(11-5-2)14-9-7-8-13(12-14)16-15(18)6-3/h4-5,7-12H,6H2,1-3H3,(H,16,18)/b10-4-,11-5-. The predicted molar refractivity (Wildman–Crippen MR) is 77.5 cm³/mol. The van der Waals surface area contributed by atoms with E-state index < -0.39 is 0 Å². The Morgan fingerprint density at radius 3 is 2.50 bits per heavy atom. The molecule has 0 fully saturated rings. The molecule has 0 saturated carbocycles. The zero-order chi connectivity index (χ0) is 13.4. The summed E-state index contributed by atoms with van der Waals surface area (Å²) in [5.74, 6) is 0.0239. The van der Waals surface area contributed by atoms with E-state index in [1.165, 1.54) is 0 Å². The third-order valence-electron chi connectivity index (χ3n) is 2.37. The number of benzene rings is 1. The van der Waals surface area contributed by atoms with Crippen LogP contribution in [-0.4, -0.2) is 5.91 Å². The highest BCUT2D eigenvalue weighted by atomic mass is 16.1. The molecule has 1 N–H and O–H groups in total. The SMILES string of the molecule is C/C=C\N(/C=C\C)c1cccc(NC(=O)CC)c1. The molecule has 0 radical (unpaired) electrons. The first-order chi connectivity index (χ1) is 8.71. The molecule has 0 saturated heterocycles. The molecule has 0 atom stereocenters. The minimum absolute atomic E-state index is 0.0239. The van der Waals surface area contributed by atoms with Crippen molar-refractivity contribution in [2.45, 2.75) is 27.2 Å². The van der Waals surface area contributed by atoms with Crippen LogP contribution < -0.4 is 10.2 Å². The van der Waals surface area contributed by atoms with Crippen molar-refractivity contribution < 1.29 is 4.79 Å². The van der Waals surface area contributed by atoms with E-state index in [1.54, 1.807) is 0 Å². The fourth-order valence-corrected chi connectivity index (χ4v) is 1.54. The number of amides is 1. The second-order valence-electron chi connectivity index (χ2n) is 3.82. The Morgan fingerprint density at radius 2 is 1.94 bits per heavy atom. The highest BCUT2D eigenvalue weighted by Crippen LogP contribution is 2.20. The maximum atomic E-state index is 11.4. The summed E-state index contributed by atoms with van der Waals surface area (Å²) in [7, 11) is 0. The van der Waals surface area contributed by atoms with E-state index in [4.69, 9.17) is 0 Å². The lowest BCUT2D eigenvalue weighted by molar-refractivity contribution is -0.115. The molecule has 3 nitrogen and oxygen atoms in total. The molecule has 1 aromatic carbocycles. The second-order valence-corrected chi connectivity index (χ2v) is 3.82. The van der Waals surface area contributed by atoms with Crippen molar-refractivity contribution in [1.29, 1.82) is 0 Å². The van der Waals surface area contributed by atoms with E-state index >= 15 is 0 Å². The highest BCUT2D eigenvalue weighted by molar-refractivity contribution is 5.91. The molecule has 1 amide bonds. The molecule has 96 valence electrons. The molecule has 18 heavy (non-hydrogen) atoms. The average molecular weight is 244 g/mol. The maximum absolute atomic E-state index is 11.4. The number of anilines is 2. The number of carbonyl (C=O) groups excluding carboxylic acids is 1. The zero-order valence-corrected chi connectivity index (χ0v) is 11.2. The van der Waals surface area contributed by atoms with Gasteiger partial charge in [-0.15, -0.1) is 0 Å². The Labute approximate surface area is 109 Å². The minimum atomic E-state index is 0.0239. The predicted octanol–water partition coefficient (Wildman–Crippen LogP) is 3.91. The van der Waals surface area contributed by atoms with E-state index in [1.807, 2.05) is 74.5 Å². The van der Waals surface area contributed by atoms with Crippen LogP contribution in [0.15, 0.2) is 48.8 Å². The summed E-state index contributed by atoms with van der Waals surface area (Å²) in [4.78, 5) is 13.4. The van der Waals surface area contributed by atoms with Gasteiger partial charge in [0, 0.05) is 30.2 Å².